The maximum atomic E-state index is 10.9. The minimum absolute atomic E-state index is 0.529. The van der Waals surface area contributed by atoms with Crippen molar-refractivity contribution in [2.45, 2.75) is 12.8 Å². The van der Waals surface area contributed by atoms with Crippen molar-refractivity contribution in [1.82, 2.24) is 4.98 Å². The van der Waals surface area contributed by atoms with Gasteiger partial charge in [0.25, 0.3) is 0 Å². The monoisotopic (exact) mass is 219 g/mol. The minimum Gasteiger partial charge on any atom is -0.497 e. The van der Waals surface area contributed by atoms with Gasteiger partial charge >= 0.3 is 5.97 Å². The molecule has 2 N–H and O–H groups in total. The van der Waals surface area contributed by atoms with Crippen LogP contribution in [0.2, 0.25) is 0 Å². The standard InChI is InChI=1S/C12H13NO3/c1-7(12(14)15)10-5-8-3-4-9(16-2)6-11(8)13-10/h3-7,13H,1-2H3,(H,14,15). The van der Waals surface area contributed by atoms with Crippen molar-refractivity contribution in [1.29, 1.82) is 0 Å². The van der Waals surface area contributed by atoms with Gasteiger partial charge in [0.05, 0.1) is 13.0 Å². The Hall–Kier alpha value is -1.97. The third-order valence-electron chi connectivity index (χ3n) is 2.69. The first-order valence-electron chi connectivity index (χ1n) is 5.01. The van der Waals surface area contributed by atoms with Gasteiger partial charge in [-0.2, -0.15) is 0 Å². The SMILES string of the molecule is COc1ccc2cc(C(C)C(=O)O)[nH]c2c1. The van der Waals surface area contributed by atoms with Crippen LogP contribution in [0.1, 0.15) is 18.5 Å². The van der Waals surface area contributed by atoms with Crippen LogP contribution in [0.4, 0.5) is 0 Å². The first kappa shape index (κ1) is 10.5. The van der Waals surface area contributed by atoms with E-state index in [2.05, 4.69) is 4.98 Å². The normalized spacial score (nSPS) is 12.6. The third kappa shape index (κ3) is 1.74. The van der Waals surface area contributed by atoms with Gasteiger partial charge in [0.1, 0.15) is 5.75 Å². The Labute approximate surface area is 92.9 Å². The number of aromatic nitrogens is 1. The van der Waals surface area contributed by atoms with Gasteiger partial charge in [0, 0.05) is 17.3 Å². The molecule has 0 saturated carbocycles. The number of nitrogens with one attached hydrogen (secondary N) is 1. The van der Waals surface area contributed by atoms with E-state index in [0.717, 1.165) is 16.7 Å². The third-order valence-corrected chi connectivity index (χ3v) is 2.69. The zero-order valence-electron chi connectivity index (χ0n) is 9.15. The molecule has 84 valence electrons. The fourth-order valence-corrected chi connectivity index (χ4v) is 1.62. The molecule has 0 spiro atoms. The number of hydrogen-bond donors (Lipinski definition) is 2. The predicted octanol–water partition coefficient (Wildman–Crippen LogP) is 2.36. The van der Waals surface area contributed by atoms with Gasteiger partial charge in [0.15, 0.2) is 0 Å². The molecule has 0 radical (unpaired) electrons. The number of aromatic amines is 1. The average Bonchev–Trinajstić information content (AvgIpc) is 2.69. The van der Waals surface area contributed by atoms with Gasteiger partial charge in [-0.3, -0.25) is 4.79 Å². The Kier molecular flexibility index (Phi) is 2.56. The summed E-state index contributed by atoms with van der Waals surface area (Å²) in [5.74, 6) is -0.610. The summed E-state index contributed by atoms with van der Waals surface area (Å²) in [6.07, 6.45) is 0. The maximum Gasteiger partial charge on any atom is 0.312 e. The molecule has 0 aliphatic heterocycles. The van der Waals surface area contributed by atoms with Crippen LogP contribution in [-0.4, -0.2) is 23.2 Å². The molecule has 0 aliphatic carbocycles. The van der Waals surface area contributed by atoms with Crippen LogP contribution in [0.15, 0.2) is 24.3 Å². The van der Waals surface area contributed by atoms with Crippen LogP contribution in [-0.2, 0) is 4.79 Å². The van der Waals surface area contributed by atoms with E-state index < -0.39 is 11.9 Å². The summed E-state index contributed by atoms with van der Waals surface area (Å²) in [5, 5.41) is 9.91. The van der Waals surface area contributed by atoms with Crippen molar-refractivity contribution in [2.24, 2.45) is 0 Å². The van der Waals surface area contributed by atoms with E-state index in [4.69, 9.17) is 9.84 Å². The molecule has 1 aromatic carbocycles. The van der Waals surface area contributed by atoms with Gasteiger partial charge in [-0.15, -0.1) is 0 Å². The lowest BCUT2D eigenvalue weighted by molar-refractivity contribution is -0.138. The summed E-state index contributed by atoms with van der Waals surface area (Å²) in [7, 11) is 1.60. The molecule has 1 heterocycles. The van der Waals surface area contributed by atoms with Crippen LogP contribution in [0.5, 0.6) is 5.75 Å². The number of carbonyl (C=O) groups is 1. The highest BCUT2D eigenvalue weighted by Gasteiger charge is 2.15. The zero-order chi connectivity index (χ0) is 11.7. The van der Waals surface area contributed by atoms with Crippen molar-refractivity contribution in [3.63, 3.8) is 0 Å². The van der Waals surface area contributed by atoms with E-state index in [1.807, 2.05) is 24.3 Å². The van der Waals surface area contributed by atoms with Crippen molar-refractivity contribution in [2.75, 3.05) is 7.11 Å². The van der Waals surface area contributed by atoms with Gasteiger partial charge in [-0.05, 0) is 30.5 Å². The molecular weight excluding hydrogens is 206 g/mol. The number of fused-ring (bicyclic) bond motifs is 1. The zero-order valence-corrected chi connectivity index (χ0v) is 9.15. The second-order valence-electron chi connectivity index (χ2n) is 3.74. The van der Waals surface area contributed by atoms with E-state index in [1.54, 1.807) is 14.0 Å². The summed E-state index contributed by atoms with van der Waals surface area (Å²) < 4.78 is 5.10. The molecule has 2 rings (SSSR count). The predicted molar refractivity (Wildman–Crippen MR) is 60.9 cm³/mol. The minimum atomic E-state index is -0.835. The maximum absolute atomic E-state index is 10.9. The lowest BCUT2D eigenvalue weighted by atomic mass is 10.1. The summed E-state index contributed by atoms with van der Waals surface area (Å²) >= 11 is 0. The Morgan fingerprint density at radius 2 is 2.19 bits per heavy atom. The van der Waals surface area contributed by atoms with Crippen LogP contribution in [0.25, 0.3) is 10.9 Å². The van der Waals surface area contributed by atoms with Crippen LogP contribution in [0, 0.1) is 0 Å². The van der Waals surface area contributed by atoms with E-state index in [1.165, 1.54) is 0 Å². The summed E-state index contributed by atoms with van der Waals surface area (Å²) in [6, 6.07) is 7.47. The van der Waals surface area contributed by atoms with Crippen molar-refractivity contribution >= 4 is 16.9 Å². The molecule has 0 bridgehead atoms. The van der Waals surface area contributed by atoms with Gasteiger partial charge in [0.2, 0.25) is 0 Å². The van der Waals surface area contributed by atoms with Crippen molar-refractivity contribution in [3.8, 4) is 5.75 Å². The largest absolute Gasteiger partial charge is 0.497 e. The first-order valence-corrected chi connectivity index (χ1v) is 5.01. The number of carboxylic acid groups (broad SMARTS) is 1. The molecule has 2 aromatic rings. The molecule has 4 heteroatoms. The van der Waals surface area contributed by atoms with Crippen molar-refractivity contribution < 1.29 is 14.6 Å². The summed E-state index contributed by atoms with van der Waals surface area (Å²) in [4.78, 5) is 13.9. The topological polar surface area (TPSA) is 62.3 Å². The Balaban J connectivity index is 2.47. The molecule has 0 saturated heterocycles. The number of carboxylic acids is 1. The van der Waals surface area contributed by atoms with Crippen LogP contribution < -0.4 is 4.74 Å². The van der Waals surface area contributed by atoms with Crippen molar-refractivity contribution in [3.05, 3.63) is 30.0 Å². The lowest BCUT2D eigenvalue weighted by Gasteiger charge is -2.01. The molecule has 0 fully saturated rings. The summed E-state index contributed by atoms with van der Waals surface area (Å²) in [6.45, 7) is 1.66. The highest BCUT2D eigenvalue weighted by Crippen LogP contribution is 2.24. The number of methoxy groups -OCH3 is 1. The molecule has 0 amide bonds. The number of aliphatic carboxylic acids is 1. The highest BCUT2D eigenvalue weighted by atomic mass is 16.5. The molecular formula is C12H13NO3. The number of ether oxygens (including phenoxy) is 1. The Morgan fingerprint density at radius 1 is 1.44 bits per heavy atom. The van der Waals surface area contributed by atoms with E-state index in [9.17, 15) is 4.79 Å². The second-order valence-corrected chi connectivity index (χ2v) is 3.74. The average molecular weight is 219 g/mol. The van der Waals surface area contributed by atoms with Gasteiger partial charge < -0.3 is 14.8 Å². The molecule has 4 nitrogen and oxygen atoms in total. The quantitative estimate of drug-likeness (QED) is 0.833. The first-order chi connectivity index (χ1) is 7.61. The molecule has 1 aromatic heterocycles. The molecule has 16 heavy (non-hydrogen) atoms. The Morgan fingerprint density at radius 3 is 2.81 bits per heavy atom. The number of benzene rings is 1. The molecule has 1 atom stereocenters. The van der Waals surface area contributed by atoms with Gasteiger partial charge in [-0.1, -0.05) is 0 Å². The number of rotatable bonds is 3. The van der Waals surface area contributed by atoms with E-state index >= 15 is 0 Å². The highest BCUT2D eigenvalue weighted by molar-refractivity contribution is 5.84. The molecule has 1 unspecified atom stereocenters. The fraction of sp³-hybridized carbons (Fsp3) is 0.250. The lowest BCUT2D eigenvalue weighted by Crippen LogP contribution is -2.07. The number of hydrogen-bond acceptors (Lipinski definition) is 2. The van der Waals surface area contributed by atoms with Crippen LogP contribution in [0.3, 0.4) is 0 Å². The van der Waals surface area contributed by atoms with E-state index in [0.29, 0.717) is 5.69 Å². The van der Waals surface area contributed by atoms with Crippen LogP contribution >= 0.6 is 0 Å². The summed E-state index contributed by atoms with van der Waals surface area (Å²) in [5.41, 5.74) is 1.60. The molecule has 0 aliphatic rings. The van der Waals surface area contributed by atoms with Gasteiger partial charge in [-0.25, -0.2) is 0 Å². The fourth-order valence-electron chi connectivity index (χ4n) is 1.62. The second kappa shape index (κ2) is 3.89. The Bertz CT molecular complexity index is 530. The smallest absolute Gasteiger partial charge is 0.312 e. The van der Waals surface area contributed by atoms with E-state index in [-0.39, 0.29) is 0 Å². The number of H-pyrrole nitrogens is 1.